The molecule has 25 heavy (non-hydrogen) atoms. The molecule has 0 spiro atoms. The molecule has 2 aromatic carbocycles. The molecule has 130 valence electrons. The summed E-state index contributed by atoms with van der Waals surface area (Å²) in [4.78, 5) is 16.0. The maximum Gasteiger partial charge on any atom is 0.221 e. The van der Waals surface area contributed by atoms with Gasteiger partial charge in [0, 0.05) is 28.2 Å². The van der Waals surface area contributed by atoms with E-state index in [1.165, 1.54) is 0 Å². The Morgan fingerprint density at radius 3 is 2.68 bits per heavy atom. The van der Waals surface area contributed by atoms with Gasteiger partial charge in [0.15, 0.2) is 0 Å². The van der Waals surface area contributed by atoms with E-state index in [1.807, 2.05) is 55.6 Å². The van der Waals surface area contributed by atoms with Gasteiger partial charge in [-0.3, -0.25) is 4.79 Å². The Labute approximate surface area is 155 Å². The van der Waals surface area contributed by atoms with Gasteiger partial charge in [-0.05, 0) is 54.0 Å². The van der Waals surface area contributed by atoms with Gasteiger partial charge < -0.3 is 15.0 Å². The number of Topliss-reactive ketones (excluding diaryl/α,β-unsaturated/α-hetero) is 1. The monoisotopic (exact) mass is 401 g/mol. The molecule has 4 nitrogen and oxygen atoms in total. The molecule has 0 aliphatic rings. The van der Waals surface area contributed by atoms with Gasteiger partial charge in [0.1, 0.15) is 17.8 Å². The van der Waals surface area contributed by atoms with E-state index >= 15 is 0 Å². The average Bonchev–Trinajstić information content (AvgIpc) is 3.04. The Balaban J connectivity index is 1.76. The molecule has 1 aromatic heterocycles. The number of aromatic amines is 1. The number of ether oxygens (including phenoxy) is 1. The number of fused-ring (bicyclic) bond motifs is 1. The van der Waals surface area contributed by atoms with Crippen LogP contribution >= 0.6 is 15.9 Å². The lowest BCUT2D eigenvalue weighted by Crippen LogP contribution is -2.91. The Morgan fingerprint density at radius 1 is 1.20 bits per heavy atom. The number of hydrogen-bond donors (Lipinski definition) is 2. The van der Waals surface area contributed by atoms with E-state index in [2.05, 4.69) is 33.2 Å². The number of nitrogens with one attached hydrogen (secondary N) is 1. The van der Waals surface area contributed by atoms with Crippen LogP contribution in [0.1, 0.15) is 35.8 Å². The zero-order valence-corrected chi connectivity index (χ0v) is 16.1. The predicted octanol–water partition coefficient (Wildman–Crippen LogP) is 3.83. The fourth-order valence-corrected chi connectivity index (χ4v) is 3.68. The largest absolute Gasteiger partial charge is 0.496 e. The molecule has 2 atom stereocenters. The fourth-order valence-electron chi connectivity index (χ4n) is 3.12. The van der Waals surface area contributed by atoms with Gasteiger partial charge in [-0.1, -0.05) is 18.2 Å². The van der Waals surface area contributed by atoms with Crippen molar-refractivity contribution in [2.75, 3.05) is 7.11 Å². The number of carbonyl (C=O) groups excluding carboxylic acids is 1. The van der Waals surface area contributed by atoms with Crippen LogP contribution in [0.4, 0.5) is 0 Å². The van der Waals surface area contributed by atoms with Gasteiger partial charge in [0.25, 0.3) is 0 Å². The van der Waals surface area contributed by atoms with Crippen molar-refractivity contribution in [1.29, 1.82) is 0 Å². The Hall–Kier alpha value is -2.11. The lowest BCUT2D eigenvalue weighted by atomic mass is 10.0. The SMILES string of the molecule is COc1ccc([C@@H](C)[NH2+][C@H](C)C(=O)c2c[nH]c3ccccc23)cc1Br. The van der Waals surface area contributed by atoms with Crippen LogP contribution in [-0.4, -0.2) is 23.9 Å². The molecule has 0 saturated carbocycles. The maximum atomic E-state index is 12.9. The summed E-state index contributed by atoms with van der Waals surface area (Å²) in [6.45, 7) is 4.06. The minimum Gasteiger partial charge on any atom is -0.496 e. The van der Waals surface area contributed by atoms with E-state index < -0.39 is 0 Å². The number of quaternary nitrogens is 1. The molecule has 0 fully saturated rings. The van der Waals surface area contributed by atoms with Crippen LogP contribution in [0.3, 0.4) is 0 Å². The molecule has 0 aliphatic heterocycles. The normalized spacial score (nSPS) is 13.6. The van der Waals surface area contributed by atoms with Crippen LogP contribution < -0.4 is 10.1 Å². The highest BCUT2D eigenvalue weighted by molar-refractivity contribution is 9.10. The van der Waals surface area contributed by atoms with Crippen molar-refractivity contribution >= 4 is 32.6 Å². The zero-order chi connectivity index (χ0) is 18.0. The van der Waals surface area contributed by atoms with Crippen LogP contribution in [-0.2, 0) is 0 Å². The van der Waals surface area contributed by atoms with Crippen LogP contribution in [0.5, 0.6) is 5.75 Å². The second-order valence-corrected chi connectivity index (χ2v) is 7.13. The highest BCUT2D eigenvalue weighted by atomic mass is 79.9. The number of halogens is 1. The van der Waals surface area contributed by atoms with E-state index in [0.717, 1.165) is 32.3 Å². The second kappa shape index (κ2) is 7.42. The van der Waals surface area contributed by atoms with Gasteiger partial charge in [-0.15, -0.1) is 0 Å². The molecule has 0 aliphatic carbocycles. The number of benzene rings is 2. The number of H-pyrrole nitrogens is 1. The number of carbonyl (C=O) groups is 1. The first-order valence-electron chi connectivity index (χ1n) is 8.30. The number of hydrogen-bond acceptors (Lipinski definition) is 2. The van der Waals surface area contributed by atoms with Gasteiger partial charge in [-0.25, -0.2) is 0 Å². The van der Waals surface area contributed by atoms with Crippen LogP contribution in [0.2, 0.25) is 0 Å². The highest BCUT2D eigenvalue weighted by Gasteiger charge is 2.24. The fraction of sp³-hybridized carbons (Fsp3) is 0.250. The van der Waals surface area contributed by atoms with Crippen molar-refractivity contribution in [2.45, 2.75) is 25.9 Å². The number of ketones is 1. The molecular formula is C20H22BrN2O2+. The van der Waals surface area contributed by atoms with E-state index in [9.17, 15) is 4.79 Å². The summed E-state index contributed by atoms with van der Waals surface area (Å²) in [5.41, 5.74) is 2.89. The number of methoxy groups -OCH3 is 1. The molecular weight excluding hydrogens is 380 g/mol. The molecule has 0 bridgehead atoms. The van der Waals surface area contributed by atoms with Crippen molar-refractivity contribution in [3.05, 3.63) is 64.3 Å². The summed E-state index contributed by atoms with van der Waals surface area (Å²) in [5.74, 6) is 0.941. The smallest absolute Gasteiger partial charge is 0.221 e. The average molecular weight is 402 g/mol. The lowest BCUT2D eigenvalue weighted by molar-refractivity contribution is -0.709. The van der Waals surface area contributed by atoms with Crippen molar-refractivity contribution < 1.29 is 14.8 Å². The van der Waals surface area contributed by atoms with Gasteiger partial charge >= 0.3 is 0 Å². The quantitative estimate of drug-likeness (QED) is 0.616. The third-order valence-corrected chi connectivity index (χ3v) is 5.17. The van der Waals surface area contributed by atoms with E-state index in [-0.39, 0.29) is 17.9 Å². The molecule has 3 rings (SSSR count). The van der Waals surface area contributed by atoms with E-state index in [0.29, 0.717) is 0 Å². The standard InChI is InChI=1S/C20H21BrN2O2/c1-12(14-8-9-19(25-3)17(21)10-14)23-13(2)20(24)16-11-22-18-7-5-4-6-15(16)18/h4-13,22-23H,1-3H3/p+1/t12-,13-/m1/s1. The van der Waals surface area contributed by atoms with Crippen LogP contribution in [0, 0.1) is 0 Å². The van der Waals surface area contributed by atoms with E-state index in [1.54, 1.807) is 7.11 Å². The predicted molar refractivity (Wildman–Crippen MR) is 103 cm³/mol. The summed E-state index contributed by atoms with van der Waals surface area (Å²) in [6, 6.07) is 13.9. The first-order valence-corrected chi connectivity index (χ1v) is 9.09. The first-order chi connectivity index (χ1) is 12.0. The number of para-hydroxylation sites is 1. The summed E-state index contributed by atoms with van der Waals surface area (Å²) < 4.78 is 6.19. The minimum atomic E-state index is -0.171. The molecule has 0 amide bonds. The molecule has 1 heterocycles. The second-order valence-electron chi connectivity index (χ2n) is 6.28. The van der Waals surface area contributed by atoms with Crippen molar-refractivity contribution in [3.63, 3.8) is 0 Å². The zero-order valence-electron chi connectivity index (χ0n) is 14.5. The van der Waals surface area contributed by atoms with Gasteiger partial charge in [-0.2, -0.15) is 0 Å². The number of nitrogens with two attached hydrogens (primary N) is 1. The Morgan fingerprint density at radius 2 is 1.96 bits per heavy atom. The molecule has 0 unspecified atom stereocenters. The minimum absolute atomic E-state index is 0.136. The summed E-state index contributed by atoms with van der Waals surface area (Å²) in [6.07, 6.45) is 1.81. The summed E-state index contributed by atoms with van der Waals surface area (Å²) in [5, 5.41) is 3.07. The van der Waals surface area contributed by atoms with E-state index in [4.69, 9.17) is 4.74 Å². The molecule has 0 saturated heterocycles. The van der Waals surface area contributed by atoms with Gasteiger partial charge in [0.2, 0.25) is 5.78 Å². The first kappa shape index (κ1) is 17.7. The number of aromatic nitrogens is 1. The van der Waals surface area contributed by atoms with Crippen LogP contribution in [0.25, 0.3) is 10.9 Å². The maximum absolute atomic E-state index is 12.9. The lowest BCUT2D eigenvalue weighted by Gasteiger charge is -2.17. The van der Waals surface area contributed by atoms with Crippen molar-refractivity contribution in [2.24, 2.45) is 0 Å². The molecule has 0 radical (unpaired) electrons. The highest BCUT2D eigenvalue weighted by Crippen LogP contribution is 2.27. The van der Waals surface area contributed by atoms with Crippen molar-refractivity contribution in [3.8, 4) is 5.75 Å². The van der Waals surface area contributed by atoms with Crippen molar-refractivity contribution in [1.82, 2.24) is 4.98 Å². The Bertz CT molecular complexity index is 904. The molecule has 3 aromatic rings. The third kappa shape index (κ3) is 3.62. The summed E-state index contributed by atoms with van der Waals surface area (Å²) in [7, 11) is 1.65. The van der Waals surface area contributed by atoms with Gasteiger partial charge in [0.05, 0.1) is 11.6 Å². The number of rotatable bonds is 6. The Kier molecular flexibility index (Phi) is 5.25. The third-order valence-electron chi connectivity index (χ3n) is 4.55. The van der Waals surface area contributed by atoms with Crippen LogP contribution in [0.15, 0.2) is 53.1 Å². The molecule has 5 heteroatoms. The topological polar surface area (TPSA) is 58.7 Å². The molecule has 3 N–H and O–H groups in total. The summed E-state index contributed by atoms with van der Waals surface area (Å²) >= 11 is 3.52.